The Labute approximate surface area is 118 Å². The predicted octanol–water partition coefficient (Wildman–Crippen LogP) is 0.208. The highest BCUT2D eigenvalue weighted by Crippen LogP contribution is 2.57. The summed E-state index contributed by atoms with van der Waals surface area (Å²) in [6, 6.07) is 0. The third kappa shape index (κ3) is 2.11. The van der Waals surface area contributed by atoms with E-state index < -0.39 is 40.0 Å². The Balaban J connectivity index is 1.67. The zero-order valence-electron chi connectivity index (χ0n) is 10.6. The lowest BCUT2D eigenvalue weighted by Crippen LogP contribution is -2.39. The normalized spacial score (nSPS) is 37.7. The largest absolute Gasteiger partial charge is 0.461 e. The van der Waals surface area contributed by atoms with Gasteiger partial charge in [0, 0.05) is 5.92 Å². The molecule has 0 radical (unpaired) electrons. The first kappa shape index (κ1) is 14.6. The highest BCUT2D eigenvalue weighted by molar-refractivity contribution is 7.86. The van der Waals surface area contributed by atoms with Gasteiger partial charge < -0.3 is 9.47 Å². The van der Waals surface area contributed by atoms with Gasteiger partial charge in [-0.3, -0.25) is 14.1 Å². The monoisotopic (exact) mass is 326 g/mol. The zero-order chi connectivity index (χ0) is 15.6. The molecule has 0 aromatic rings. The Hall–Kier alpha value is -1.29. The maximum absolute atomic E-state index is 13.0. The smallest absolute Gasteiger partial charge is 0.402 e. The highest BCUT2D eigenvalue weighted by Gasteiger charge is 2.64. The standard InChI is InChI=1S/C11H12F2O7S/c12-11(13,21(16,17)18)3-19-10(15)7-4-1-5-6(2-4)9(14)20-8(5)7/h4-8H,1-3H2,(H,16,17,18). The van der Waals surface area contributed by atoms with Crippen molar-refractivity contribution in [3.05, 3.63) is 0 Å². The number of carbonyl (C=O) groups excluding carboxylic acids is 2. The van der Waals surface area contributed by atoms with Gasteiger partial charge in [0.2, 0.25) is 0 Å². The van der Waals surface area contributed by atoms with Gasteiger partial charge in [-0.15, -0.1) is 0 Å². The van der Waals surface area contributed by atoms with E-state index in [4.69, 9.17) is 9.29 Å². The third-order valence-electron chi connectivity index (χ3n) is 4.52. The van der Waals surface area contributed by atoms with Crippen LogP contribution in [0.3, 0.4) is 0 Å². The van der Waals surface area contributed by atoms with Gasteiger partial charge in [-0.25, -0.2) is 0 Å². The number of ether oxygens (including phenoxy) is 2. The summed E-state index contributed by atoms with van der Waals surface area (Å²) >= 11 is 0. The molecule has 1 aliphatic heterocycles. The first-order chi connectivity index (χ1) is 9.62. The van der Waals surface area contributed by atoms with Gasteiger partial charge in [0.15, 0.2) is 6.61 Å². The molecular weight excluding hydrogens is 314 g/mol. The van der Waals surface area contributed by atoms with Crippen molar-refractivity contribution in [2.24, 2.45) is 23.7 Å². The van der Waals surface area contributed by atoms with Crippen molar-refractivity contribution in [1.29, 1.82) is 0 Å². The van der Waals surface area contributed by atoms with Crippen LogP contribution in [0.1, 0.15) is 12.8 Å². The molecule has 10 heteroatoms. The van der Waals surface area contributed by atoms with Crippen LogP contribution in [0, 0.1) is 23.7 Å². The molecule has 21 heavy (non-hydrogen) atoms. The zero-order valence-corrected chi connectivity index (χ0v) is 11.4. The van der Waals surface area contributed by atoms with Crippen LogP contribution in [0.15, 0.2) is 0 Å². The van der Waals surface area contributed by atoms with Crippen molar-refractivity contribution in [3.63, 3.8) is 0 Å². The summed E-state index contributed by atoms with van der Waals surface area (Å²) in [5, 5.41) is -4.56. The predicted molar refractivity (Wildman–Crippen MR) is 60.5 cm³/mol. The van der Waals surface area contributed by atoms with E-state index in [1.165, 1.54) is 0 Å². The van der Waals surface area contributed by atoms with Gasteiger partial charge in [-0.1, -0.05) is 0 Å². The SMILES string of the molecule is O=C1OC2C3CC(CC13)C2C(=O)OCC(F)(F)S(=O)(=O)O. The minimum atomic E-state index is -5.65. The van der Waals surface area contributed by atoms with E-state index in [0.717, 1.165) is 0 Å². The van der Waals surface area contributed by atoms with E-state index in [1.807, 2.05) is 0 Å². The fourth-order valence-corrected chi connectivity index (χ4v) is 3.82. The van der Waals surface area contributed by atoms with Crippen LogP contribution in [0.25, 0.3) is 0 Å². The third-order valence-corrected chi connectivity index (χ3v) is 5.39. The molecule has 1 N–H and O–H groups in total. The Kier molecular flexibility index (Phi) is 3.04. The van der Waals surface area contributed by atoms with E-state index >= 15 is 0 Å². The van der Waals surface area contributed by atoms with E-state index in [1.54, 1.807) is 0 Å². The van der Waals surface area contributed by atoms with Crippen molar-refractivity contribution < 1.29 is 40.8 Å². The second kappa shape index (κ2) is 4.35. The molecule has 3 aliphatic rings. The topological polar surface area (TPSA) is 107 Å². The number of hydrogen-bond donors (Lipinski definition) is 1. The molecular formula is C11H12F2O7S. The second-order valence-corrected chi connectivity index (χ2v) is 7.20. The lowest BCUT2D eigenvalue weighted by atomic mass is 9.82. The summed E-state index contributed by atoms with van der Waals surface area (Å²) in [7, 11) is -5.65. The second-order valence-electron chi connectivity index (χ2n) is 5.65. The number of rotatable bonds is 4. The molecule has 0 aromatic heterocycles. The molecule has 5 atom stereocenters. The summed E-state index contributed by atoms with van der Waals surface area (Å²) in [6.45, 7) is -1.76. The number of carbonyl (C=O) groups is 2. The quantitative estimate of drug-likeness (QED) is 0.581. The van der Waals surface area contributed by atoms with Crippen molar-refractivity contribution in [2.45, 2.75) is 24.2 Å². The molecule has 2 saturated carbocycles. The molecule has 3 fully saturated rings. The Morgan fingerprint density at radius 2 is 2.10 bits per heavy atom. The fourth-order valence-electron chi connectivity index (χ4n) is 3.61. The summed E-state index contributed by atoms with van der Waals surface area (Å²) < 4.78 is 64.6. The molecule has 0 aromatic carbocycles. The number of esters is 2. The highest BCUT2D eigenvalue weighted by atomic mass is 32.2. The van der Waals surface area contributed by atoms with Crippen LogP contribution in [0.2, 0.25) is 0 Å². The molecule has 3 rings (SSSR count). The Morgan fingerprint density at radius 1 is 1.43 bits per heavy atom. The van der Waals surface area contributed by atoms with Gasteiger partial charge in [0.05, 0.1) is 11.8 Å². The summed E-state index contributed by atoms with van der Waals surface area (Å²) in [5.74, 6) is -2.75. The molecule has 0 spiro atoms. The Morgan fingerprint density at radius 3 is 2.71 bits per heavy atom. The van der Waals surface area contributed by atoms with Gasteiger partial charge in [-0.05, 0) is 18.8 Å². The molecule has 5 unspecified atom stereocenters. The van der Waals surface area contributed by atoms with Gasteiger partial charge in [-0.2, -0.15) is 17.2 Å². The lowest BCUT2D eigenvalue weighted by molar-refractivity contribution is -0.161. The first-order valence-electron chi connectivity index (χ1n) is 6.34. The number of hydrogen-bond acceptors (Lipinski definition) is 6. The van der Waals surface area contributed by atoms with Gasteiger partial charge in [0.25, 0.3) is 0 Å². The Bertz CT molecular complexity index is 602. The van der Waals surface area contributed by atoms with Crippen LogP contribution < -0.4 is 0 Å². The van der Waals surface area contributed by atoms with Crippen LogP contribution in [0.5, 0.6) is 0 Å². The maximum atomic E-state index is 13.0. The van der Waals surface area contributed by atoms with Crippen molar-refractivity contribution in [1.82, 2.24) is 0 Å². The number of alkyl halides is 2. The van der Waals surface area contributed by atoms with Crippen LogP contribution in [0.4, 0.5) is 8.78 Å². The molecule has 2 aliphatic carbocycles. The van der Waals surface area contributed by atoms with E-state index in [0.29, 0.717) is 12.8 Å². The number of fused-ring (bicyclic) bond motifs is 1. The molecule has 2 bridgehead atoms. The fraction of sp³-hybridized carbons (Fsp3) is 0.818. The van der Waals surface area contributed by atoms with Gasteiger partial charge in [0.1, 0.15) is 6.10 Å². The minimum absolute atomic E-state index is 0.0952. The van der Waals surface area contributed by atoms with Crippen molar-refractivity contribution >= 4 is 22.1 Å². The van der Waals surface area contributed by atoms with Crippen molar-refractivity contribution in [2.75, 3.05) is 6.61 Å². The summed E-state index contributed by atoms with van der Waals surface area (Å²) in [6.07, 6.45) is 0.373. The van der Waals surface area contributed by atoms with E-state index in [2.05, 4.69) is 4.74 Å². The average Bonchev–Trinajstić information content (AvgIpc) is 2.96. The summed E-state index contributed by atoms with van der Waals surface area (Å²) in [4.78, 5) is 23.4. The molecule has 0 amide bonds. The first-order valence-corrected chi connectivity index (χ1v) is 7.78. The average molecular weight is 326 g/mol. The lowest BCUT2D eigenvalue weighted by Gasteiger charge is -2.24. The number of halogens is 2. The minimum Gasteiger partial charge on any atom is -0.461 e. The van der Waals surface area contributed by atoms with Gasteiger partial charge >= 0.3 is 27.3 Å². The van der Waals surface area contributed by atoms with Crippen molar-refractivity contribution in [3.8, 4) is 0 Å². The maximum Gasteiger partial charge on any atom is 0.402 e. The van der Waals surface area contributed by atoms with Crippen LogP contribution >= 0.6 is 0 Å². The summed E-state index contributed by atoms with van der Waals surface area (Å²) in [5.41, 5.74) is 0. The van der Waals surface area contributed by atoms with E-state index in [-0.39, 0.29) is 23.7 Å². The van der Waals surface area contributed by atoms with E-state index in [9.17, 15) is 26.8 Å². The molecule has 118 valence electrons. The van der Waals surface area contributed by atoms with Crippen LogP contribution in [-0.2, 0) is 29.2 Å². The molecule has 7 nitrogen and oxygen atoms in total. The molecule has 1 saturated heterocycles. The molecule has 1 heterocycles. The van der Waals surface area contributed by atoms with Crippen LogP contribution in [-0.4, -0.2) is 42.9 Å².